The van der Waals surface area contributed by atoms with E-state index in [1.807, 2.05) is 0 Å². The van der Waals surface area contributed by atoms with Crippen LogP contribution in [0.5, 0.6) is 0 Å². The normalized spacial score (nSPS) is 45.5. The van der Waals surface area contributed by atoms with Crippen molar-refractivity contribution in [2.45, 2.75) is 88.9 Å². The standard InChI is InChI=1S/C15H25F2O2/c1-11-9-12(16)6-4-8-15(11,18)19-14-7-3-2-5-13(17)10-14/h11-14H,2-10H2,1H3. The van der Waals surface area contributed by atoms with Crippen molar-refractivity contribution in [2.24, 2.45) is 5.92 Å². The monoisotopic (exact) mass is 275 g/mol. The zero-order valence-electron chi connectivity index (χ0n) is 11.7. The van der Waals surface area contributed by atoms with Crippen molar-refractivity contribution >= 4 is 0 Å². The van der Waals surface area contributed by atoms with Crippen molar-refractivity contribution in [3.8, 4) is 0 Å². The molecular weight excluding hydrogens is 250 g/mol. The van der Waals surface area contributed by atoms with Crippen molar-refractivity contribution in [1.82, 2.24) is 0 Å². The minimum absolute atomic E-state index is 0.273. The second-order valence-corrected chi connectivity index (χ2v) is 6.30. The van der Waals surface area contributed by atoms with Gasteiger partial charge in [0.2, 0.25) is 5.79 Å². The van der Waals surface area contributed by atoms with Gasteiger partial charge in [-0.15, -0.1) is 0 Å². The first-order valence-corrected chi connectivity index (χ1v) is 7.66. The summed E-state index contributed by atoms with van der Waals surface area (Å²) in [6, 6.07) is 0. The van der Waals surface area contributed by atoms with Crippen molar-refractivity contribution in [3.05, 3.63) is 0 Å². The molecule has 0 amide bonds. The Balaban J connectivity index is 1.98. The van der Waals surface area contributed by atoms with Gasteiger partial charge in [-0.1, -0.05) is 19.8 Å². The molecule has 0 heterocycles. The Hall–Kier alpha value is -0.220. The van der Waals surface area contributed by atoms with E-state index in [1.165, 1.54) is 0 Å². The second-order valence-electron chi connectivity index (χ2n) is 6.30. The SMILES string of the molecule is CC1CC(F)CCCC1([O])OC1CCCCC(F)C1. The van der Waals surface area contributed by atoms with Crippen LogP contribution in [0.2, 0.25) is 0 Å². The molecule has 5 atom stereocenters. The van der Waals surface area contributed by atoms with E-state index in [0.29, 0.717) is 32.1 Å². The molecule has 2 fully saturated rings. The Morgan fingerprint density at radius 3 is 2.42 bits per heavy atom. The van der Waals surface area contributed by atoms with Gasteiger partial charge in [0.15, 0.2) is 0 Å². The van der Waals surface area contributed by atoms with E-state index in [2.05, 4.69) is 0 Å². The van der Waals surface area contributed by atoms with Crippen molar-refractivity contribution in [3.63, 3.8) is 0 Å². The summed E-state index contributed by atoms with van der Waals surface area (Å²) in [5.74, 6) is -1.86. The number of ether oxygens (including phenoxy) is 1. The van der Waals surface area contributed by atoms with E-state index in [4.69, 9.17) is 4.74 Å². The highest BCUT2D eigenvalue weighted by Crippen LogP contribution is 2.38. The van der Waals surface area contributed by atoms with Crippen LogP contribution in [0.15, 0.2) is 0 Å². The van der Waals surface area contributed by atoms with Gasteiger partial charge in [-0.2, -0.15) is 5.11 Å². The molecule has 0 saturated heterocycles. The van der Waals surface area contributed by atoms with Gasteiger partial charge in [-0.25, -0.2) is 8.78 Å². The van der Waals surface area contributed by atoms with Crippen LogP contribution < -0.4 is 0 Å². The molecule has 2 aliphatic rings. The minimum Gasteiger partial charge on any atom is -0.344 e. The molecule has 0 N–H and O–H groups in total. The molecule has 2 nitrogen and oxygen atoms in total. The van der Waals surface area contributed by atoms with Crippen molar-refractivity contribution in [2.75, 3.05) is 0 Å². The predicted octanol–water partition coefficient (Wildman–Crippen LogP) is 4.35. The van der Waals surface area contributed by atoms with Crippen LogP contribution in [-0.4, -0.2) is 24.2 Å². The third-order valence-corrected chi connectivity index (χ3v) is 4.58. The molecule has 0 aromatic rings. The quantitative estimate of drug-likeness (QED) is 0.544. The summed E-state index contributed by atoms with van der Waals surface area (Å²) < 4.78 is 32.8. The molecule has 0 bridgehead atoms. The van der Waals surface area contributed by atoms with Gasteiger partial charge >= 0.3 is 0 Å². The Morgan fingerprint density at radius 1 is 1.00 bits per heavy atom. The molecule has 0 spiro atoms. The number of alkyl halides is 2. The number of rotatable bonds is 2. The molecular formula is C15H25F2O2. The smallest absolute Gasteiger partial charge is 0.204 e. The van der Waals surface area contributed by atoms with Gasteiger partial charge in [0.1, 0.15) is 12.3 Å². The number of hydrogen-bond acceptors (Lipinski definition) is 1. The fourth-order valence-electron chi connectivity index (χ4n) is 3.32. The molecule has 0 aromatic heterocycles. The van der Waals surface area contributed by atoms with Crippen LogP contribution >= 0.6 is 0 Å². The maximum absolute atomic E-state index is 13.6. The van der Waals surface area contributed by atoms with Crippen LogP contribution in [0.3, 0.4) is 0 Å². The maximum Gasteiger partial charge on any atom is 0.204 e. The van der Waals surface area contributed by atoms with Crippen LogP contribution in [-0.2, 0) is 9.84 Å². The molecule has 5 unspecified atom stereocenters. The largest absolute Gasteiger partial charge is 0.344 e. The molecule has 111 valence electrons. The summed E-state index contributed by atoms with van der Waals surface area (Å²) in [6.45, 7) is 1.77. The molecule has 0 aromatic carbocycles. The highest BCUT2D eigenvalue weighted by atomic mass is 19.1. The molecule has 0 aliphatic heterocycles. The summed E-state index contributed by atoms with van der Waals surface area (Å²) in [4.78, 5) is 0. The Kier molecular flexibility index (Phi) is 5.18. The lowest BCUT2D eigenvalue weighted by molar-refractivity contribution is -0.294. The van der Waals surface area contributed by atoms with Gasteiger partial charge in [0, 0.05) is 18.8 Å². The summed E-state index contributed by atoms with van der Waals surface area (Å²) in [5, 5.41) is 12.8. The summed E-state index contributed by atoms with van der Waals surface area (Å²) in [5.41, 5.74) is 0. The minimum atomic E-state index is -1.52. The fraction of sp³-hybridized carbons (Fsp3) is 1.00. The van der Waals surface area contributed by atoms with Gasteiger partial charge in [-0.05, 0) is 32.1 Å². The number of hydrogen-bond donors (Lipinski definition) is 0. The van der Waals surface area contributed by atoms with Crippen LogP contribution in [0, 0.1) is 5.92 Å². The Morgan fingerprint density at radius 2 is 1.63 bits per heavy atom. The molecule has 1 radical (unpaired) electrons. The molecule has 2 aliphatic carbocycles. The van der Waals surface area contributed by atoms with Gasteiger partial charge in [-0.3, -0.25) is 0 Å². The molecule has 2 saturated carbocycles. The fourth-order valence-corrected chi connectivity index (χ4v) is 3.32. The average Bonchev–Trinajstić information content (AvgIpc) is 2.58. The lowest BCUT2D eigenvalue weighted by atomic mass is 9.94. The highest BCUT2D eigenvalue weighted by Gasteiger charge is 2.42. The average molecular weight is 275 g/mol. The highest BCUT2D eigenvalue weighted by molar-refractivity contribution is 4.84. The molecule has 2 rings (SSSR count). The van der Waals surface area contributed by atoms with E-state index in [0.717, 1.165) is 19.3 Å². The van der Waals surface area contributed by atoms with Crippen LogP contribution in [0.25, 0.3) is 0 Å². The Bertz CT molecular complexity index is 287. The topological polar surface area (TPSA) is 29.1 Å². The van der Waals surface area contributed by atoms with Crippen molar-refractivity contribution in [1.29, 1.82) is 0 Å². The van der Waals surface area contributed by atoms with E-state index in [-0.39, 0.29) is 18.4 Å². The molecule has 19 heavy (non-hydrogen) atoms. The first-order chi connectivity index (χ1) is 8.99. The first-order valence-electron chi connectivity index (χ1n) is 7.66. The van der Waals surface area contributed by atoms with Gasteiger partial charge < -0.3 is 4.74 Å². The first kappa shape index (κ1) is 15.2. The van der Waals surface area contributed by atoms with E-state index in [1.54, 1.807) is 6.92 Å². The predicted molar refractivity (Wildman–Crippen MR) is 68.8 cm³/mol. The summed E-state index contributed by atoms with van der Waals surface area (Å²) in [6.07, 6.45) is 3.07. The molecule has 4 heteroatoms. The van der Waals surface area contributed by atoms with E-state index >= 15 is 0 Å². The lowest BCUT2D eigenvalue weighted by Gasteiger charge is -2.34. The third-order valence-electron chi connectivity index (χ3n) is 4.58. The second kappa shape index (κ2) is 6.49. The zero-order valence-corrected chi connectivity index (χ0v) is 11.7. The van der Waals surface area contributed by atoms with Gasteiger partial charge in [0.25, 0.3) is 0 Å². The lowest BCUT2D eigenvalue weighted by Crippen LogP contribution is -2.41. The maximum atomic E-state index is 13.6. The van der Waals surface area contributed by atoms with E-state index < -0.39 is 18.1 Å². The summed E-state index contributed by atoms with van der Waals surface area (Å²) in [7, 11) is 0. The van der Waals surface area contributed by atoms with Gasteiger partial charge in [0.05, 0.1) is 6.10 Å². The summed E-state index contributed by atoms with van der Waals surface area (Å²) >= 11 is 0. The van der Waals surface area contributed by atoms with Crippen molar-refractivity contribution < 1.29 is 18.6 Å². The van der Waals surface area contributed by atoms with Crippen LogP contribution in [0.4, 0.5) is 8.78 Å². The third kappa shape index (κ3) is 4.12. The Labute approximate surface area is 114 Å². The zero-order chi connectivity index (χ0) is 13.9. The van der Waals surface area contributed by atoms with Crippen LogP contribution in [0.1, 0.15) is 64.7 Å². The number of halogens is 2. The van der Waals surface area contributed by atoms with E-state index in [9.17, 15) is 13.9 Å².